The van der Waals surface area contributed by atoms with Gasteiger partial charge in [0, 0.05) is 13.1 Å². The van der Waals surface area contributed by atoms with Gasteiger partial charge in [0.1, 0.15) is 6.54 Å². The van der Waals surface area contributed by atoms with E-state index in [1.807, 2.05) is 0 Å². The van der Waals surface area contributed by atoms with E-state index in [4.69, 9.17) is 5.73 Å². The van der Waals surface area contributed by atoms with Crippen molar-refractivity contribution in [2.75, 3.05) is 19.6 Å². The number of amides is 1. The summed E-state index contributed by atoms with van der Waals surface area (Å²) in [7, 11) is 0. The number of nitrogens with zero attached hydrogens (tertiary/aromatic N) is 1. The van der Waals surface area contributed by atoms with Crippen LogP contribution < -0.4 is 16.4 Å². The fraction of sp³-hybridized carbons (Fsp3) is 0.600. The first-order valence-electron chi connectivity index (χ1n) is 5.12. The molecule has 6 heteroatoms. The van der Waals surface area contributed by atoms with Crippen molar-refractivity contribution >= 4 is 35.8 Å². The molecule has 0 spiro atoms. The van der Waals surface area contributed by atoms with E-state index < -0.39 is 0 Å². The summed E-state index contributed by atoms with van der Waals surface area (Å²) in [5.74, 6) is 0.160. The SMILES string of the molecule is C=CCNC(=O)CN=C(N)NCCCC.I. The monoisotopic (exact) mass is 340 g/mol. The van der Waals surface area contributed by atoms with E-state index in [2.05, 4.69) is 29.1 Å². The molecule has 0 heterocycles. The number of halogens is 1. The first-order valence-corrected chi connectivity index (χ1v) is 5.12. The Morgan fingerprint density at radius 1 is 1.50 bits per heavy atom. The fourth-order valence-corrected chi connectivity index (χ4v) is 0.848. The molecule has 0 saturated carbocycles. The van der Waals surface area contributed by atoms with Gasteiger partial charge in [0.05, 0.1) is 0 Å². The van der Waals surface area contributed by atoms with Crippen molar-refractivity contribution in [3.8, 4) is 0 Å². The first kappa shape index (κ1) is 17.6. The van der Waals surface area contributed by atoms with E-state index in [1.54, 1.807) is 6.08 Å². The molecule has 5 nitrogen and oxygen atoms in total. The summed E-state index contributed by atoms with van der Waals surface area (Å²) in [5.41, 5.74) is 5.53. The fourth-order valence-electron chi connectivity index (χ4n) is 0.848. The Bertz CT molecular complexity index is 231. The van der Waals surface area contributed by atoms with E-state index in [9.17, 15) is 4.79 Å². The average Bonchev–Trinajstić information content (AvgIpc) is 2.24. The highest BCUT2D eigenvalue weighted by molar-refractivity contribution is 14.0. The highest BCUT2D eigenvalue weighted by atomic mass is 127. The van der Waals surface area contributed by atoms with Crippen LogP contribution in [-0.2, 0) is 4.79 Å². The van der Waals surface area contributed by atoms with Crippen molar-refractivity contribution in [1.29, 1.82) is 0 Å². The van der Waals surface area contributed by atoms with Crippen LogP contribution in [0.15, 0.2) is 17.6 Å². The molecule has 0 aliphatic heterocycles. The van der Waals surface area contributed by atoms with Crippen molar-refractivity contribution < 1.29 is 4.79 Å². The van der Waals surface area contributed by atoms with Crippen LogP contribution in [-0.4, -0.2) is 31.5 Å². The largest absolute Gasteiger partial charge is 0.370 e. The number of guanidine groups is 1. The molecule has 0 aliphatic carbocycles. The van der Waals surface area contributed by atoms with Gasteiger partial charge in [-0.2, -0.15) is 0 Å². The normalized spacial score (nSPS) is 10.2. The lowest BCUT2D eigenvalue weighted by Gasteiger charge is -2.04. The van der Waals surface area contributed by atoms with Crippen LogP contribution in [0.4, 0.5) is 0 Å². The summed E-state index contributed by atoms with van der Waals surface area (Å²) in [4.78, 5) is 15.0. The maximum Gasteiger partial charge on any atom is 0.242 e. The van der Waals surface area contributed by atoms with Gasteiger partial charge in [-0.25, -0.2) is 4.99 Å². The molecule has 0 radical (unpaired) electrons. The number of hydrogen-bond acceptors (Lipinski definition) is 2. The van der Waals surface area contributed by atoms with Gasteiger partial charge in [-0.15, -0.1) is 30.6 Å². The molecule has 4 N–H and O–H groups in total. The summed E-state index contributed by atoms with van der Waals surface area (Å²) in [6, 6.07) is 0. The van der Waals surface area contributed by atoms with Crippen LogP contribution in [0, 0.1) is 0 Å². The Morgan fingerprint density at radius 3 is 2.75 bits per heavy atom. The quantitative estimate of drug-likeness (QED) is 0.209. The molecule has 0 aromatic rings. The Labute approximate surface area is 114 Å². The zero-order valence-electron chi connectivity index (χ0n) is 9.66. The highest BCUT2D eigenvalue weighted by Gasteiger charge is 1.97. The molecule has 94 valence electrons. The maximum absolute atomic E-state index is 11.1. The zero-order chi connectivity index (χ0) is 11.5. The van der Waals surface area contributed by atoms with Crippen molar-refractivity contribution in [3.05, 3.63) is 12.7 Å². The van der Waals surface area contributed by atoms with Gasteiger partial charge in [0.2, 0.25) is 5.91 Å². The minimum Gasteiger partial charge on any atom is -0.370 e. The third-order valence-corrected chi connectivity index (χ3v) is 1.67. The number of rotatable bonds is 7. The standard InChI is InChI=1S/C10H20N4O.HI/c1-3-5-7-13-10(11)14-8-9(15)12-6-4-2;/h4H,2-3,5-8H2,1H3,(H,12,15)(H3,11,13,14);1H. The zero-order valence-corrected chi connectivity index (χ0v) is 12.0. The van der Waals surface area contributed by atoms with Gasteiger partial charge in [0.15, 0.2) is 5.96 Å². The number of hydrogen-bond donors (Lipinski definition) is 3. The van der Waals surface area contributed by atoms with Crippen molar-refractivity contribution in [1.82, 2.24) is 10.6 Å². The van der Waals surface area contributed by atoms with Gasteiger partial charge >= 0.3 is 0 Å². The van der Waals surface area contributed by atoms with Crippen LogP contribution in [0.2, 0.25) is 0 Å². The van der Waals surface area contributed by atoms with Crippen LogP contribution in [0.25, 0.3) is 0 Å². The molecule has 0 atom stereocenters. The van der Waals surface area contributed by atoms with Gasteiger partial charge in [-0.1, -0.05) is 19.4 Å². The second-order valence-electron chi connectivity index (χ2n) is 3.07. The number of carbonyl (C=O) groups is 1. The minimum atomic E-state index is -0.157. The van der Waals surface area contributed by atoms with E-state index in [1.165, 1.54) is 0 Å². The molecule has 0 unspecified atom stereocenters. The number of nitrogens with two attached hydrogens (primary N) is 1. The summed E-state index contributed by atoms with van der Waals surface area (Å²) in [6.45, 7) is 6.89. The first-order chi connectivity index (χ1) is 7.20. The smallest absolute Gasteiger partial charge is 0.242 e. The van der Waals surface area contributed by atoms with E-state index in [-0.39, 0.29) is 36.4 Å². The number of unbranched alkanes of at least 4 members (excludes halogenated alkanes) is 1. The number of aliphatic imine (C=N–C) groups is 1. The van der Waals surface area contributed by atoms with Gasteiger partial charge in [0.25, 0.3) is 0 Å². The average molecular weight is 340 g/mol. The molecule has 0 aromatic carbocycles. The molecular weight excluding hydrogens is 319 g/mol. The van der Waals surface area contributed by atoms with E-state index in [0.717, 1.165) is 19.4 Å². The van der Waals surface area contributed by atoms with E-state index >= 15 is 0 Å². The summed E-state index contributed by atoms with van der Waals surface area (Å²) in [6.07, 6.45) is 3.75. The second-order valence-corrected chi connectivity index (χ2v) is 3.07. The highest BCUT2D eigenvalue weighted by Crippen LogP contribution is 1.81. The Kier molecular flexibility index (Phi) is 13.5. The van der Waals surface area contributed by atoms with Crippen molar-refractivity contribution in [3.63, 3.8) is 0 Å². The van der Waals surface area contributed by atoms with Crippen LogP contribution in [0.5, 0.6) is 0 Å². The molecule has 0 bridgehead atoms. The van der Waals surface area contributed by atoms with Crippen molar-refractivity contribution in [2.24, 2.45) is 10.7 Å². The Morgan fingerprint density at radius 2 is 2.19 bits per heavy atom. The lowest BCUT2D eigenvalue weighted by Crippen LogP contribution is -2.34. The number of nitrogens with one attached hydrogen (secondary N) is 2. The lowest BCUT2D eigenvalue weighted by atomic mass is 10.3. The van der Waals surface area contributed by atoms with Crippen LogP contribution >= 0.6 is 24.0 Å². The molecule has 16 heavy (non-hydrogen) atoms. The molecule has 0 saturated heterocycles. The Balaban J connectivity index is 0. The summed E-state index contributed by atoms with van der Waals surface area (Å²) >= 11 is 0. The second kappa shape index (κ2) is 12.3. The van der Waals surface area contributed by atoms with Gasteiger partial charge in [-0.3, -0.25) is 4.79 Å². The molecular formula is C10H21IN4O. The summed E-state index contributed by atoms with van der Waals surface area (Å²) < 4.78 is 0. The Hall–Kier alpha value is -0.790. The van der Waals surface area contributed by atoms with Gasteiger partial charge < -0.3 is 16.4 Å². The topological polar surface area (TPSA) is 79.5 Å². The predicted octanol–water partition coefficient (Wildman–Crippen LogP) is 0.611. The van der Waals surface area contributed by atoms with Gasteiger partial charge in [-0.05, 0) is 6.42 Å². The van der Waals surface area contributed by atoms with Crippen LogP contribution in [0.3, 0.4) is 0 Å². The molecule has 0 fully saturated rings. The maximum atomic E-state index is 11.1. The molecule has 1 amide bonds. The number of carbonyl (C=O) groups excluding carboxylic acids is 1. The van der Waals surface area contributed by atoms with Crippen molar-refractivity contribution in [2.45, 2.75) is 19.8 Å². The summed E-state index contributed by atoms with van der Waals surface area (Å²) in [5, 5.41) is 5.53. The molecule has 0 aromatic heterocycles. The van der Waals surface area contributed by atoms with Crippen LogP contribution in [0.1, 0.15) is 19.8 Å². The molecule has 0 aliphatic rings. The third-order valence-electron chi connectivity index (χ3n) is 1.67. The van der Waals surface area contributed by atoms with E-state index in [0.29, 0.717) is 12.5 Å². The third kappa shape index (κ3) is 11.3. The minimum absolute atomic E-state index is 0. The predicted molar refractivity (Wildman–Crippen MR) is 78.0 cm³/mol. The molecule has 0 rings (SSSR count). The lowest BCUT2D eigenvalue weighted by molar-refractivity contribution is -0.119.